The first-order valence-electron chi connectivity index (χ1n) is 36.1. The van der Waals surface area contributed by atoms with Gasteiger partial charge in [0, 0.05) is 95.2 Å². The van der Waals surface area contributed by atoms with E-state index in [2.05, 4.69) is 400 Å². The van der Waals surface area contributed by atoms with Crippen LogP contribution in [-0.4, -0.2) is 23.3 Å². The van der Waals surface area contributed by atoms with Crippen LogP contribution in [0.25, 0.3) is 143 Å². The minimum absolute atomic E-state index is 0.508. The maximum atomic E-state index is 13.1. The van der Waals surface area contributed by atoms with Crippen molar-refractivity contribution in [2.45, 2.75) is 13.8 Å². The fourth-order valence-electron chi connectivity index (χ4n) is 16.7. The summed E-state index contributed by atoms with van der Waals surface area (Å²) in [5, 5.41) is 21.8. The zero-order valence-electron chi connectivity index (χ0n) is 58.2. The van der Waals surface area contributed by atoms with Crippen molar-refractivity contribution in [3.8, 4) is 62.2 Å². The summed E-state index contributed by atoms with van der Waals surface area (Å²) in [5.41, 5.74) is 26.5. The lowest BCUT2D eigenvalue weighted by Gasteiger charge is -2.29. The van der Waals surface area contributed by atoms with Crippen molar-refractivity contribution in [2.75, 3.05) is 9.80 Å². The molecular formula is C98H66N8. The Balaban J connectivity index is 0.925. The number of anilines is 6. The highest BCUT2D eigenvalue weighted by molar-refractivity contribution is 6.18. The summed E-state index contributed by atoms with van der Waals surface area (Å²) in [7, 11) is 0. The Labute approximate surface area is 612 Å². The molecule has 8 heteroatoms. The van der Waals surface area contributed by atoms with Crippen LogP contribution >= 0.6 is 0 Å². The van der Waals surface area contributed by atoms with Gasteiger partial charge in [0.2, 0.25) is 0 Å². The first kappa shape index (κ1) is 61.6. The quantitative estimate of drug-likeness (QED) is 0.115. The van der Waals surface area contributed by atoms with Crippen molar-refractivity contribution >= 4 is 121 Å². The van der Waals surface area contributed by atoms with Gasteiger partial charge in [0.15, 0.2) is 0 Å². The lowest BCUT2D eigenvalue weighted by molar-refractivity contribution is 1.02. The van der Waals surface area contributed by atoms with Crippen LogP contribution in [0.4, 0.5) is 34.1 Å². The molecule has 20 aromatic rings. The van der Waals surface area contributed by atoms with Gasteiger partial charge in [0.1, 0.15) is 6.07 Å². The summed E-state index contributed by atoms with van der Waals surface area (Å²) < 4.78 is 9.91. The molecule has 0 spiro atoms. The van der Waals surface area contributed by atoms with Crippen molar-refractivity contribution in [3.05, 3.63) is 381 Å². The van der Waals surface area contributed by atoms with E-state index in [1.807, 2.05) is 12.4 Å². The summed E-state index contributed by atoms with van der Waals surface area (Å²) in [6.45, 7) is 4.34. The molecule has 0 bridgehead atoms. The number of hydrogen-bond acceptors (Lipinski definition) is 4. The molecule has 0 atom stereocenters. The minimum Gasteiger partial charge on any atom is -0.311 e. The fourth-order valence-corrected chi connectivity index (χ4v) is 16.7. The number of nitrogens with zero attached hydrogens (tertiary/aromatic N) is 8. The fraction of sp³-hybridized carbons (Fsp3) is 0.0204. The Morgan fingerprint density at radius 1 is 0.245 bits per heavy atom. The topological polar surface area (TPSA) is 62.9 Å². The van der Waals surface area contributed by atoms with Gasteiger partial charge in [-0.15, -0.1) is 0 Å². The number of fused-ring (bicyclic) bond motifs is 12. The number of para-hydroxylation sites is 8. The van der Waals surface area contributed by atoms with Crippen LogP contribution in [0.3, 0.4) is 0 Å². The SMILES string of the molecule is Cc1ccc2c(c1)c1ccccc1n2-c1c(C#N)c(-c2ccncc2)c(-n2c3ccccc3c3cc(C)ccc32)c(-n2c3ccccc3c3cc(-c4ccc(N(c5ccccc5)c5ccccc5)cc4)ccc32)c1-n1c2ccccc2c2cc(-c3ccc(N(c4ccccc4)c4ccccc4)cc3)ccc21. The van der Waals surface area contributed by atoms with Crippen molar-refractivity contribution < 1.29 is 0 Å². The third-order valence-corrected chi connectivity index (χ3v) is 21.3. The maximum absolute atomic E-state index is 13.1. The predicted molar refractivity (Wildman–Crippen MR) is 441 cm³/mol. The lowest BCUT2D eigenvalue weighted by Crippen LogP contribution is -2.16. The number of pyridine rings is 1. The highest BCUT2D eigenvalue weighted by Crippen LogP contribution is 2.53. The zero-order chi connectivity index (χ0) is 70.5. The van der Waals surface area contributed by atoms with Gasteiger partial charge in [-0.1, -0.05) is 205 Å². The molecule has 5 aromatic heterocycles. The van der Waals surface area contributed by atoms with Gasteiger partial charge in [0.05, 0.1) is 72.4 Å². The van der Waals surface area contributed by atoms with E-state index in [0.717, 1.165) is 189 Å². The molecule has 15 aromatic carbocycles. The van der Waals surface area contributed by atoms with E-state index in [9.17, 15) is 5.26 Å². The van der Waals surface area contributed by atoms with E-state index in [0.29, 0.717) is 5.56 Å². The molecule has 0 saturated heterocycles. The van der Waals surface area contributed by atoms with E-state index in [-0.39, 0.29) is 0 Å². The van der Waals surface area contributed by atoms with Gasteiger partial charge < -0.3 is 28.1 Å². The molecular weight excluding hydrogens is 1290 g/mol. The molecule has 20 rings (SSSR count). The molecule has 106 heavy (non-hydrogen) atoms. The van der Waals surface area contributed by atoms with E-state index in [1.165, 1.54) is 0 Å². The minimum atomic E-state index is 0.508. The normalized spacial score (nSPS) is 11.7. The summed E-state index contributed by atoms with van der Waals surface area (Å²) in [6, 6.07) is 130. The highest BCUT2D eigenvalue weighted by Gasteiger charge is 2.36. The molecule has 0 fully saturated rings. The third kappa shape index (κ3) is 9.86. The monoisotopic (exact) mass is 1350 g/mol. The van der Waals surface area contributed by atoms with Crippen molar-refractivity contribution in [2.24, 2.45) is 0 Å². The maximum Gasteiger partial charge on any atom is 0.102 e. The first-order chi connectivity index (χ1) is 52.4. The number of benzene rings is 15. The molecule has 0 N–H and O–H groups in total. The second-order valence-electron chi connectivity index (χ2n) is 27.5. The van der Waals surface area contributed by atoms with Crippen LogP contribution in [0.2, 0.25) is 0 Å². The van der Waals surface area contributed by atoms with Crippen LogP contribution in [0, 0.1) is 25.2 Å². The summed E-state index contributed by atoms with van der Waals surface area (Å²) in [4.78, 5) is 9.32. The lowest BCUT2D eigenvalue weighted by atomic mass is 9.93. The molecule has 0 saturated carbocycles. The van der Waals surface area contributed by atoms with Gasteiger partial charge >= 0.3 is 0 Å². The van der Waals surface area contributed by atoms with E-state index in [1.54, 1.807) is 0 Å². The summed E-state index contributed by atoms with van der Waals surface area (Å²) in [6.07, 6.45) is 3.73. The first-order valence-corrected chi connectivity index (χ1v) is 36.1. The summed E-state index contributed by atoms with van der Waals surface area (Å²) in [5.74, 6) is 0. The Morgan fingerprint density at radius 3 is 0.896 bits per heavy atom. The van der Waals surface area contributed by atoms with Crippen LogP contribution in [-0.2, 0) is 0 Å². The Kier molecular flexibility index (Phi) is 14.6. The average molecular weight is 1360 g/mol. The van der Waals surface area contributed by atoms with Gasteiger partial charge in [-0.25, -0.2) is 0 Å². The van der Waals surface area contributed by atoms with E-state index >= 15 is 0 Å². The number of aromatic nitrogens is 5. The van der Waals surface area contributed by atoms with Crippen molar-refractivity contribution in [1.29, 1.82) is 5.26 Å². The standard InChI is InChI=1S/C98H66N8/c1-64-39-51-90-81(59-64)77-31-15-19-35-86(77)103(90)95-85(63-99)94(68-55-57-100-58-56-68)96(104-87-36-20-16-32-78(87)82-60-65(2)40-52-91(82)104)98(106-89-38-22-18-34-80(89)84-62-70(46-54-93(84)106)67-43-49-76(50-44-67)102(73-27-11-5-12-28-73)74-29-13-6-14-30-74)97(95)105-88-37-21-17-33-79(88)83-61-69(45-53-92(83)105)66-41-47-75(48-42-66)101(71-23-7-3-8-24-71)72-25-9-4-10-26-72/h3-62H,1-2H3. The van der Waals surface area contributed by atoms with Gasteiger partial charge in [-0.3, -0.25) is 4.98 Å². The van der Waals surface area contributed by atoms with Crippen molar-refractivity contribution in [1.82, 2.24) is 23.3 Å². The van der Waals surface area contributed by atoms with Gasteiger partial charge in [0.25, 0.3) is 0 Å². The van der Waals surface area contributed by atoms with Gasteiger partial charge in [-0.05, 0) is 199 Å². The molecule has 5 heterocycles. The Morgan fingerprint density at radius 2 is 0.528 bits per heavy atom. The Bertz CT molecular complexity index is 6810. The molecule has 0 radical (unpaired) electrons. The highest BCUT2D eigenvalue weighted by atomic mass is 15.2. The van der Waals surface area contributed by atoms with Crippen LogP contribution in [0.15, 0.2) is 364 Å². The second-order valence-corrected chi connectivity index (χ2v) is 27.5. The largest absolute Gasteiger partial charge is 0.311 e. The second kappa shape index (κ2) is 25.1. The molecule has 0 aliphatic heterocycles. The number of hydrogen-bond donors (Lipinski definition) is 0. The molecule has 498 valence electrons. The van der Waals surface area contributed by atoms with Gasteiger partial charge in [-0.2, -0.15) is 5.26 Å². The Hall–Kier alpha value is -14.3. The molecule has 0 unspecified atom stereocenters. The third-order valence-electron chi connectivity index (χ3n) is 21.3. The number of rotatable bonds is 13. The molecule has 8 nitrogen and oxygen atoms in total. The summed E-state index contributed by atoms with van der Waals surface area (Å²) >= 11 is 0. The van der Waals surface area contributed by atoms with Crippen LogP contribution in [0.1, 0.15) is 16.7 Å². The predicted octanol–water partition coefficient (Wildman–Crippen LogP) is 25.9. The zero-order valence-corrected chi connectivity index (χ0v) is 58.2. The number of aryl methyl sites for hydroxylation is 2. The molecule has 0 amide bonds. The van der Waals surface area contributed by atoms with E-state index in [4.69, 9.17) is 4.98 Å². The number of nitriles is 1. The van der Waals surface area contributed by atoms with Crippen LogP contribution < -0.4 is 9.80 Å². The molecule has 0 aliphatic rings. The molecule has 0 aliphatic carbocycles. The van der Waals surface area contributed by atoms with Crippen LogP contribution in [0.5, 0.6) is 0 Å². The van der Waals surface area contributed by atoms with Crippen molar-refractivity contribution in [3.63, 3.8) is 0 Å². The van der Waals surface area contributed by atoms with E-state index < -0.39 is 0 Å². The average Bonchev–Trinajstić information content (AvgIpc) is 1.48. The smallest absolute Gasteiger partial charge is 0.102 e.